The number of sulfonamides is 1. The summed E-state index contributed by atoms with van der Waals surface area (Å²) in [6.45, 7) is 7.10. The third kappa shape index (κ3) is 4.32. The van der Waals surface area contributed by atoms with Crippen LogP contribution >= 0.6 is 0 Å². The van der Waals surface area contributed by atoms with Crippen LogP contribution in [0.3, 0.4) is 0 Å². The minimum atomic E-state index is -3.87. The summed E-state index contributed by atoms with van der Waals surface area (Å²) in [5.41, 5.74) is 1.23. The minimum absolute atomic E-state index is 0.160. The predicted octanol–water partition coefficient (Wildman–Crippen LogP) is 3.88. The molecule has 0 unspecified atom stereocenters. The van der Waals surface area contributed by atoms with E-state index in [0.717, 1.165) is 11.1 Å². The highest BCUT2D eigenvalue weighted by Crippen LogP contribution is 2.58. The molecule has 0 bridgehead atoms. The van der Waals surface area contributed by atoms with Crippen molar-refractivity contribution >= 4 is 10.0 Å². The normalized spacial score (nSPS) is 28.7. The van der Waals surface area contributed by atoms with E-state index >= 15 is 0 Å². The van der Waals surface area contributed by atoms with Crippen LogP contribution in [0.4, 0.5) is 0 Å². The molecule has 1 spiro atoms. The Bertz CT molecular complexity index is 1270. The second-order valence-electron chi connectivity index (χ2n) is 11.7. The maximum Gasteiger partial charge on any atom is 0.243 e. The SMILES string of the molecule is COc1ccc([C@]23CCN(S(=O)(=O)c4ccc(C)cc4)[C@H]2[C@H](CO)C2(CC3)OCC(C)(C)CO2)cc1OC. The Labute approximate surface area is 225 Å². The van der Waals surface area contributed by atoms with Gasteiger partial charge in [-0.3, -0.25) is 0 Å². The fraction of sp³-hybridized carbons (Fsp3) is 0.586. The molecule has 5 rings (SSSR count). The standard InChI is InChI=1S/C29H39NO7S/c1-20-6-9-22(10-7-20)38(32,33)30-15-14-28(21-8-11-24(34-4)25(16-21)35-5)12-13-29(23(17-31)26(28)30)36-18-27(2,3)19-37-29/h6-11,16,23,26,31H,12-15,17-19H2,1-5H3/t23-,26-,28-/m0/s1. The molecule has 3 fully saturated rings. The molecule has 2 saturated heterocycles. The van der Waals surface area contributed by atoms with Crippen molar-refractivity contribution in [2.75, 3.05) is 40.6 Å². The minimum Gasteiger partial charge on any atom is -0.493 e. The molecule has 8 nitrogen and oxygen atoms in total. The van der Waals surface area contributed by atoms with Gasteiger partial charge in [0, 0.05) is 29.8 Å². The molecule has 0 amide bonds. The number of hydrogen-bond donors (Lipinski definition) is 1. The highest BCUT2D eigenvalue weighted by atomic mass is 32.2. The van der Waals surface area contributed by atoms with Crippen LogP contribution in [0.15, 0.2) is 47.4 Å². The van der Waals surface area contributed by atoms with Crippen molar-refractivity contribution in [1.29, 1.82) is 0 Å². The average Bonchev–Trinajstić information content (AvgIpc) is 3.32. The lowest BCUT2D eigenvalue weighted by Gasteiger charge is -2.57. The van der Waals surface area contributed by atoms with Crippen molar-refractivity contribution in [3.8, 4) is 11.5 Å². The molecule has 2 aromatic carbocycles. The first kappa shape index (κ1) is 27.4. The van der Waals surface area contributed by atoms with Gasteiger partial charge in [0.1, 0.15) is 0 Å². The van der Waals surface area contributed by atoms with Gasteiger partial charge in [0.05, 0.1) is 44.9 Å². The van der Waals surface area contributed by atoms with E-state index in [1.807, 2.05) is 37.3 Å². The summed E-state index contributed by atoms with van der Waals surface area (Å²) in [5, 5.41) is 10.9. The largest absolute Gasteiger partial charge is 0.493 e. The summed E-state index contributed by atoms with van der Waals surface area (Å²) in [6.07, 6.45) is 1.80. The number of nitrogens with zero attached hydrogens (tertiary/aromatic N) is 1. The number of benzene rings is 2. The number of hydrogen-bond acceptors (Lipinski definition) is 7. The lowest BCUT2D eigenvalue weighted by atomic mass is 9.60. The van der Waals surface area contributed by atoms with Gasteiger partial charge in [-0.05, 0) is 49.6 Å². The Morgan fingerprint density at radius 3 is 2.24 bits per heavy atom. The molecular weight excluding hydrogens is 506 g/mol. The van der Waals surface area contributed by atoms with E-state index in [1.54, 1.807) is 30.7 Å². The highest BCUT2D eigenvalue weighted by molar-refractivity contribution is 7.89. The van der Waals surface area contributed by atoms with Gasteiger partial charge in [0.25, 0.3) is 0 Å². The molecule has 1 saturated carbocycles. The van der Waals surface area contributed by atoms with Gasteiger partial charge in [-0.2, -0.15) is 4.31 Å². The lowest BCUT2D eigenvalue weighted by Crippen LogP contribution is -2.66. The van der Waals surface area contributed by atoms with Crippen molar-refractivity contribution in [3.63, 3.8) is 0 Å². The Morgan fingerprint density at radius 2 is 1.63 bits per heavy atom. The number of aliphatic hydroxyl groups excluding tert-OH is 1. The zero-order valence-electron chi connectivity index (χ0n) is 22.9. The number of ether oxygens (including phenoxy) is 4. The summed E-state index contributed by atoms with van der Waals surface area (Å²) in [5.74, 6) is -0.437. The van der Waals surface area contributed by atoms with Gasteiger partial charge in [0.15, 0.2) is 17.3 Å². The van der Waals surface area contributed by atoms with Crippen LogP contribution in [0, 0.1) is 18.3 Å². The molecule has 0 radical (unpaired) electrons. The molecule has 2 aliphatic heterocycles. The van der Waals surface area contributed by atoms with E-state index in [4.69, 9.17) is 18.9 Å². The number of rotatable bonds is 6. The Kier molecular flexibility index (Phi) is 7.05. The van der Waals surface area contributed by atoms with Crippen LogP contribution in [0.25, 0.3) is 0 Å². The molecule has 2 aromatic rings. The fourth-order valence-electron chi connectivity index (χ4n) is 6.59. The van der Waals surface area contributed by atoms with Crippen LogP contribution in [0.5, 0.6) is 11.5 Å². The lowest BCUT2D eigenvalue weighted by molar-refractivity contribution is -0.344. The summed E-state index contributed by atoms with van der Waals surface area (Å²) < 4.78 is 53.8. The Hall–Kier alpha value is -2.17. The van der Waals surface area contributed by atoms with Crippen LogP contribution < -0.4 is 9.47 Å². The molecule has 1 N–H and O–H groups in total. The topological polar surface area (TPSA) is 94.5 Å². The van der Waals surface area contributed by atoms with Gasteiger partial charge in [-0.15, -0.1) is 0 Å². The number of aliphatic hydroxyl groups is 1. The van der Waals surface area contributed by atoms with Gasteiger partial charge in [-0.25, -0.2) is 8.42 Å². The van der Waals surface area contributed by atoms with Crippen LogP contribution in [0.1, 0.15) is 44.2 Å². The zero-order chi connectivity index (χ0) is 27.3. The molecule has 3 atom stereocenters. The molecule has 9 heteroatoms. The predicted molar refractivity (Wildman–Crippen MR) is 143 cm³/mol. The number of methoxy groups -OCH3 is 2. The second kappa shape index (κ2) is 9.78. The van der Waals surface area contributed by atoms with Gasteiger partial charge >= 0.3 is 0 Å². The molecule has 1 aliphatic carbocycles. The second-order valence-corrected chi connectivity index (χ2v) is 13.6. The first-order valence-corrected chi connectivity index (χ1v) is 14.7. The Balaban J connectivity index is 1.64. The number of fused-ring (bicyclic) bond motifs is 1. The first-order chi connectivity index (χ1) is 18.0. The molecule has 0 aromatic heterocycles. The van der Waals surface area contributed by atoms with Crippen molar-refractivity contribution in [2.24, 2.45) is 11.3 Å². The summed E-state index contributed by atoms with van der Waals surface area (Å²) in [4.78, 5) is 0.245. The van der Waals surface area contributed by atoms with E-state index < -0.39 is 33.2 Å². The van der Waals surface area contributed by atoms with Gasteiger partial charge < -0.3 is 24.1 Å². The van der Waals surface area contributed by atoms with Gasteiger partial charge in [-0.1, -0.05) is 37.6 Å². The quantitative estimate of drug-likeness (QED) is 0.589. The van der Waals surface area contributed by atoms with Crippen molar-refractivity contribution in [1.82, 2.24) is 4.31 Å². The number of aryl methyl sites for hydroxylation is 1. The third-order valence-electron chi connectivity index (χ3n) is 8.72. The van der Waals surface area contributed by atoms with Crippen LogP contribution in [-0.2, 0) is 24.9 Å². The molecular formula is C29H39NO7S. The van der Waals surface area contributed by atoms with Crippen LogP contribution in [0.2, 0.25) is 0 Å². The van der Waals surface area contributed by atoms with Crippen LogP contribution in [-0.4, -0.2) is 70.2 Å². The van der Waals surface area contributed by atoms with Gasteiger partial charge in [0.2, 0.25) is 10.0 Å². The molecule has 2 heterocycles. The summed E-state index contributed by atoms with van der Waals surface area (Å²) in [7, 11) is -0.679. The molecule has 3 aliphatic rings. The van der Waals surface area contributed by atoms with E-state index in [2.05, 4.69) is 13.8 Å². The third-order valence-corrected chi connectivity index (χ3v) is 10.6. The average molecular weight is 546 g/mol. The monoisotopic (exact) mass is 545 g/mol. The van der Waals surface area contributed by atoms with E-state index in [0.29, 0.717) is 50.5 Å². The fourth-order valence-corrected chi connectivity index (χ4v) is 8.32. The van der Waals surface area contributed by atoms with E-state index in [-0.39, 0.29) is 16.9 Å². The maximum absolute atomic E-state index is 14.2. The summed E-state index contributed by atoms with van der Waals surface area (Å²) >= 11 is 0. The highest BCUT2D eigenvalue weighted by Gasteiger charge is 2.65. The summed E-state index contributed by atoms with van der Waals surface area (Å²) in [6, 6.07) is 12.2. The maximum atomic E-state index is 14.2. The first-order valence-electron chi connectivity index (χ1n) is 13.2. The van der Waals surface area contributed by atoms with Crippen molar-refractivity contribution < 1.29 is 32.5 Å². The van der Waals surface area contributed by atoms with E-state index in [1.165, 1.54) is 0 Å². The smallest absolute Gasteiger partial charge is 0.243 e. The Morgan fingerprint density at radius 1 is 0.974 bits per heavy atom. The van der Waals surface area contributed by atoms with E-state index in [9.17, 15) is 13.5 Å². The van der Waals surface area contributed by atoms with Crippen molar-refractivity contribution in [2.45, 2.75) is 62.2 Å². The van der Waals surface area contributed by atoms with Crippen molar-refractivity contribution in [3.05, 3.63) is 53.6 Å². The molecule has 38 heavy (non-hydrogen) atoms. The molecule has 208 valence electrons. The zero-order valence-corrected chi connectivity index (χ0v) is 23.7.